The van der Waals surface area contributed by atoms with Gasteiger partial charge >= 0.3 is 6.09 Å². The van der Waals surface area contributed by atoms with E-state index in [9.17, 15) is 4.79 Å². The van der Waals surface area contributed by atoms with Gasteiger partial charge in [-0.05, 0) is 38.1 Å². The molecule has 2 aromatic rings. The number of rotatable bonds is 6. The average Bonchev–Trinajstić information content (AvgIpc) is 3.05. The van der Waals surface area contributed by atoms with Crippen molar-refractivity contribution in [2.24, 2.45) is 5.41 Å². The van der Waals surface area contributed by atoms with Crippen molar-refractivity contribution in [3.63, 3.8) is 0 Å². The zero-order valence-corrected chi connectivity index (χ0v) is 15.4. The predicted octanol–water partition coefficient (Wildman–Crippen LogP) is 4.15. The number of hydrogen-bond acceptors (Lipinski definition) is 5. The molecule has 1 aromatic carbocycles. The number of benzene rings is 1. The van der Waals surface area contributed by atoms with Crippen molar-refractivity contribution in [1.82, 2.24) is 9.55 Å². The monoisotopic (exact) mass is 346 g/mol. The second-order valence-electron chi connectivity index (χ2n) is 7.16. The lowest BCUT2D eigenvalue weighted by atomic mass is 9.89. The molecule has 2 rings (SSSR count). The highest BCUT2D eigenvalue weighted by atomic mass is 16.6. The SMILES string of the molecule is CC(C)Oc1ccc(OCC(OC(=O)n2ccnc2)C(C)(C)C)cc1. The summed E-state index contributed by atoms with van der Waals surface area (Å²) >= 11 is 0. The van der Waals surface area contributed by atoms with Crippen LogP contribution in [0.25, 0.3) is 0 Å². The molecular weight excluding hydrogens is 320 g/mol. The first-order valence-corrected chi connectivity index (χ1v) is 8.34. The molecule has 0 fully saturated rings. The molecule has 0 saturated carbocycles. The number of ether oxygens (including phenoxy) is 3. The first-order valence-electron chi connectivity index (χ1n) is 8.34. The minimum atomic E-state index is -0.471. The second-order valence-corrected chi connectivity index (χ2v) is 7.16. The highest BCUT2D eigenvalue weighted by Gasteiger charge is 2.29. The molecule has 6 nitrogen and oxygen atoms in total. The quantitative estimate of drug-likeness (QED) is 0.786. The second kappa shape index (κ2) is 8.05. The standard InChI is InChI=1S/C19H26N2O4/c1-14(2)24-16-8-6-15(7-9-16)23-12-17(19(3,4)5)25-18(22)21-11-10-20-13-21/h6-11,13-14,17H,12H2,1-5H3. The van der Waals surface area contributed by atoms with Gasteiger partial charge in [-0.25, -0.2) is 14.3 Å². The summed E-state index contributed by atoms with van der Waals surface area (Å²) in [5.74, 6) is 1.49. The van der Waals surface area contributed by atoms with Crippen molar-refractivity contribution < 1.29 is 19.0 Å². The Balaban J connectivity index is 1.97. The molecule has 0 amide bonds. The molecule has 136 valence electrons. The van der Waals surface area contributed by atoms with Gasteiger partial charge in [-0.2, -0.15) is 0 Å². The molecule has 1 unspecified atom stereocenters. The predicted molar refractivity (Wildman–Crippen MR) is 95.1 cm³/mol. The molecule has 1 heterocycles. The smallest absolute Gasteiger partial charge is 0.419 e. The Labute approximate surface area is 148 Å². The molecule has 0 aliphatic carbocycles. The van der Waals surface area contributed by atoms with E-state index in [0.717, 1.165) is 5.75 Å². The highest BCUT2D eigenvalue weighted by molar-refractivity contribution is 5.70. The molecule has 1 atom stereocenters. The summed E-state index contributed by atoms with van der Waals surface area (Å²) in [5.41, 5.74) is -0.267. The van der Waals surface area contributed by atoms with E-state index in [4.69, 9.17) is 14.2 Å². The Kier molecular flexibility index (Phi) is 6.07. The first kappa shape index (κ1) is 18.8. The van der Waals surface area contributed by atoms with E-state index in [2.05, 4.69) is 4.98 Å². The molecule has 0 N–H and O–H groups in total. The van der Waals surface area contributed by atoms with Gasteiger partial charge in [0.2, 0.25) is 0 Å². The lowest BCUT2D eigenvalue weighted by Gasteiger charge is -2.30. The van der Waals surface area contributed by atoms with E-state index >= 15 is 0 Å². The molecule has 1 aromatic heterocycles. The van der Waals surface area contributed by atoms with Gasteiger partial charge in [-0.1, -0.05) is 20.8 Å². The summed E-state index contributed by atoms with van der Waals surface area (Å²) in [7, 11) is 0. The van der Waals surface area contributed by atoms with E-state index in [1.807, 2.05) is 58.9 Å². The molecular formula is C19H26N2O4. The number of aromatic nitrogens is 2. The maximum absolute atomic E-state index is 12.2. The molecule has 0 aliphatic heterocycles. The highest BCUT2D eigenvalue weighted by Crippen LogP contribution is 2.25. The van der Waals surface area contributed by atoms with Crippen LogP contribution in [-0.2, 0) is 4.74 Å². The Hall–Kier alpha value is -2.50. The van der Waals surface area contributed by atoms with Gasteiger partial charge in [0.05, 0.1) is 6.10 Å². The summed E-state index contributed by atoms with van der Waals surface area (Å²) in [6.45, 7) is 10.2. The van der Waals surface area contributed by atoms with E-state index in [1.165, 1.54) is 17.1 Å². The van der Waals surface area contributed by atoms with Crippen molar-refractivity contribution in [2.75, 3.05) is 6.61 Å². The third-order valence-corrected chi connectivity index (χ3v) is 3.52. The third kappa shape index (κ3) is 5.81. The molecule has 0 aliphatic rings. The van der Waals surface area contributed by atoms with Gasteiger partial charge in [0.1, 0.15) is 30.5 Å². The minimum absolute atomic E-state index is 0.125. The molecule has 0 spiro atoms. The molecule has 6 heteroatoms. The van der Waals surface area contributed by atoms with E-state index < -0.39 is 12.2 Å². The number of nitrogens with zero attached hydrogens (tertiary/aromatic N) is 2. The molecule has 0 saturated heterocycles. The van der Waals surface area contributed by atoms with Crippen molar-refractivity contribution in [2.45, 2.75) is 46.8 Å². The maximum atomic E-state index is 12.2. The largest absolute Gasteiger partial charge is 0.491 e. The molecule has 25 heavy (non-hydrogen) atoms. The number of imidazole rings is 1. The van der Waals surface area contributed by atoms with E-state index in [-0.39, 0.29) is 18.1 Å². The van der Waals surface area contributed by atoms with Gasteiger partial charge in [0, 0.05) is 17.8 Å². The van der Waals surface area contributed by atoms with Crippen molar-refractivity contribution >= 4 is 6.09 Å². The Morgan fingerprint density at radius 2 is 1.80 bits per heavy atom. The van der Waals surface area contributed by atoms with Crippen LogP contribution in [0.4, 0.5) is 4.79 Å². The average molecular weight is 346 g/mol. The van der Waals surface area contributed by atoms with Gasteiger partial charge in [0.25, 0.3) is 0 Å². The lowest BCUT2D eigenvalue weighted by molar-refractivity contribution is 0.00209. The van der Waals surface area contributed by atoms with Crippen LogP contribution in [0, 0.1) is 5.41 Å². The fourth-order valence-corrected chi connectivity index (χ4v) is 2.07. The Morgan fingerprint density at radius 1 is 1.16 bits per heavy atom. The van der Waals surface area contributed by atoms with Gasteiger partial charge in [-0.3, -0.25) is 0 Å². The fourth-order valence-electron chi connectivity index (χ4n) is 2.07. The van der Waals surface area contributed by atoms with E-state index in [1.54, 1.807) is 6.20 Å². The van der Waals surface area contributed by atoms with E-state index in [0.29, 0.717) is 5.75 Å². The Morgan fingerprint density at radius 3 is 2.32 bits per heavy atom. The van der Waals surface area contributed by atoms with Crippen LogP contribution < -0.4 is 9.47 Å². The van der Waals surface area contributed by atoms with Crippen molar-refractivity contribution in [3.05, 3.63) is 43.0 Å². The minimum Gasteiger partial charge on any atom is -0.491 e. The number of carbonyl (C=O) groups excluding carboxylic acids is 1. The van der Waals surface area contributed by atoms with Crippen molar-refractivity contribution in [3.8, 4) is 11.5 Å². The number of carbonyl (C=O) groups is 1. The van der Waals surface area contributed by atoms with Crippen LogP contribution in [0.15, 0.2) is 43.0 Å². The molecule has 0 radical (unpaired) electrons. The summed E-state index contributed by atoms with van der Waals surface area (Å²) in [5, 5.41) is 0. The fraction of sp³-hybridized carbons (Fsp3) is 0.474. The van der Waals surface area contributed by atoms with Crippen LogP contribution in [0.3, 0.4) is 0 Å². The van der Waals surface area contributed by atoms with Crippen LogP contribution in [-0.4, -0.2) is 34.5 Å². The zero-order valence-electron chi connectivity index (χ0n) is 15.4. The summed E-state index contributed by atoms with van der Waals surface area (Å²) in [4.78, 5) is 16.0. The van der Waals surface area contributed by atoms with Crippen molar-refractivity contribution in [1.29, 1.82) is 0 Å². The first-order chi connectivity index (χ1) is 11.8. The summed E-state index contributed by atoms with van der Waals surface area (Å²) in [6.07, 6.45) is 3.74. The zero-order chi connectivity index (χ0) is 18.4. The van der Waals surface area contributed by atoms with Gasteiger partial charge in [-0.15, -0.1) is 0 Å². The Bertz CT molecular complexity index is 658. The van der Waals surface area contributed by atoms with Crippen LogP contribution in [0.5, 0.6) is 11.5 Å². The van der Waals surface area contributed by atoms with Gasteiger partial charge in [0.15, 0.2) is 0 Å². The summed E-state index contributed by atoms with van der Waals surface area (Å²) in [6, 6.07) is 7.40. The van der Waals surface area contributed by atoms with Gasteiger partial charge < -0.3 is 14.2 Å². The molecule has 0 bridgehead atoms. The lowest BCUT2D eigenvalue weighted by Crippen LogP contribution is -2.37. The maximum Gasteiger partial charge on any atom is 0.419 e. The summed E-state index contributed by atoms with van der Waals surface area (Å²) < 4.78 is 18.3. The number of hydrogen-bond donors (Lipinski definition) is 0. The normalized spacial score (nSPS) is 12.7. The van der Waals surface area contributed by atoms with Crippen LogP contribution in [0.1, 0.15) is 34.6 Å². The topological polar surface area (TPSA) is 62.6 Å². The third-order valence-electron chi connectivity index (χ3n) is 3.52. The van der Waals surface area contributed by atoms with Crippen LogP contribution in [0.2, 0.25) is 0 Å². The van der Waals surface area contributed by atoms with Crippen LogP contribution >= 0.6 is 0 Å².